The van der Waals surface area contributed by atoms with E-state index < -0.39 is 0 Å². The van der Waals surface area contributed by atoms with Gasteiger partial charge in [-0.25, -0.2) is 4.98 Å². The highest BCUT2D eigenvalue weighted by Crippen LogP contribution is 2.20. The Morgan fingerprint density at radius 1 is 1.30 bits per heavy atom. The predicted octanol–water partition coefficient (Wildman–Crippen LogP) is 1.88. The number of aromatic nitrogens is 3. The van der Waals surface area contributed by atoms with Crippen LogP contribution in [0.2, 0.25) is 0 Å². The Morgan fingerprint density at radius 3 is 2.57 bits per heavy atom. The first kappa shape index (κ1) is 15.7. The molecule has 2 aromatic rings. The summed E-state index contributed by atoms with van der Waals surface area (Å²) in [6.45, 7) is 3.67. The fourth-order valence-corrected chi connectivity index (χ4v) is 2.85. The van der Waals surface area contributed by atoms with E-state index in [1.54, 1.807) is 0 Å². The van der Waals surface area contributed by atoms with Crippen LogP contribution in [0.4, 0.5) is 0 Å². The first-order chi connectivity index (χ1) is 11.2. The number of aryl methyl sites for hydroxylation is 1. The number of nitrogens with one attached hydrogen (secondary N) is 1. The predicted molar refractivity (Wildman–Crippen MR) is 86.9 cm³/mol. The van der Waals surface area contributed by atoms with Gasteiger partial charge in [0.1, 0.15) is 5.82 Å². The lowest BCUT2D eigenvalue weighted by molar-refractivity contribution is 0.0651. The van der Waals surface area contributed by atoms with E-state index in [1.807, 2.05) is 36.1 Å². The van der Waals surface area contributed by atoms with Crippen molar-refractivity contribution in [1.82, 2.24) is 20.1 Å². The summed E-state index contributed by atoms with van der Waals surface area (Å²) in [5.41, 5.74) is 1.58. The lowest BCUT2D eigenvalue weighted by Gasteiger charge is -2.31. The van der Waals surface area contributed by atoms with Crippen molar-refractivity contribution in [2.45, 2.75) is 26.2 Å². The number of piperidine rings is 1. The van der Waals surface area contributed by atoms with Crippen LogP contribution in [0.5, 0.6) is 0 Å². The van der Waals surface area contributed by atoms with Crippen molar-refractivity contribution in [3.05, 3.63) is 35.7 Å². The van der Waals surface area contributed by atoms with E-state index in [-0.39, 0.29) is 12.5 Å². The molecule has 1 aromatic carbocycles. The zero-order valence-corrected chi connectivity index (χ0v) is 13.3. The minimum atomic E-state index is 0.0529. The van der Waals surface area contributed by atoms with Crippen molar-refractivity contribution in [3.63, 3.8) is 0 Å². The molecule has 1 saturated heterocycles. The van der Waals surface area contributed by atoms with E-state index >= 15 is 0 Å². The van der Waals surface area contributed by atoms with E-state index in [0.29, 0.717) is 30.4 Å². The zero-order valence-electron chi connectivity index (χ0n) is 13.3. The molecule has 0 saturated carbocycles. The van der Waals surface area contributed by atoms with Crippen LogP contribution in [0.3, 0.4) is 0 Å². The second-order valence-electron chi connectivity index (χ2n) is 5.95. The van der Waals surface area contributed by atoms with Crippen LogP contribution >= 0.6 is 0 Å². The van der Waals surface area contributed by atoms with Crippen LogP contribution in [-0.2, 0) is 6.42 Å². The summed E-state index contributed by atoms with van der Waals surface area (Å²) < 4.78 is 0. The van der Waals surface area contributed by atoms with Crippen LogP contribution in [0, 0.1) is 5.92 Å². The Bertz CT molecular complexity index is 657. The zero-order chi connectivity index (χ0) is 16.2. The molecule has 3 rings (SSSR count). The van der Waals surface area contributed by atoms with Gasteiger partial charge in [0.05, 0.1) is 0 Å². The molecule has 1 aliphatic rings. The number of carbonyl (C=O) groups is 1. The number of benzene rings is 1. The van der Waals surface area contributed by atoms with Gasteiger partial charge in [0.2, 0.25) is 0 Å². The van der Waals surface area contributed by atoms with Crippen LogP contribution in [0.1, 0.15) is 35.9 Å². The Hall–Kier alpha value is -2.21. The molecule has 23 heavy (non-hydrogen) atoms. The highest BCUT2D eigenvalue weighted by Gasteiger charge is 2.23. The molecule has 0 spiro atoms. The molecule has 0 atom stereocenters. The van der Waals surface area contributed by atoms with Crippen molar-refractivity contribution in [1.29, 1.82) is 0 Å². The second-order valence-corrected chi connectivity index (χ2v) is 5.95. The van der Waals surface area contributed by atoms with Gasteiger partial charge >= 0.3 is 0 Å². The summed E-state index contributed by atoms with van der Waals surface area (Å²) in [4.78, 5) is 18.8. The van der Waals surface area contributed by atoms with Crippen LogP contribution in [-0.4, -0.2) is 50.8 Å². The van der Waals surface area contributed by atoms with Crippen molar-refractivity contribution in [3.8, 4) is 11.4 Å². The standard InChI is InChI=1S/C17H22N4O2/c1-2-15-18-16(20-19-15)13-3-5-14(6-4-13)17(23)21-9-7-12(11-22)8-10-21/h3-6,12,22H,2,7-11H2,1H3,(H,18,19,20). The smallest absolute Gasteiger partial charge is 0.253 e. The Balaban J connectivity index is 1.68. The van der Waals surface area contributed by atoms with E-state index in [0.717, 1.165) is 30.7 Å². The van der Waals surface area contributed by atoms with Gasteiger partial charge < -0.3 is 10.0 Å². The number of hydrogen-bond donors (Lipinski definition) is 2. The molecule has 6 heteroatoms. The molecule has 1 fully saturated rings. The van der Waals surface area contributed by atoms with E-state index in [2.05, 4.69) is 15.2 Å². The molecule has 1 amide bonds. The van der Waals surface area contributed by atoms with E-state index in [4.69, 9.17) is 0 Å². The van der Waals surface area contributed by atoms with Gasteiger partial charge in [-0.15, -0.1) is 0 Å². The van der Waals surface area contributed by atoms with Crippen LogP contribution < -0.4 is 0 Å². The third kappa shape index (κ3) is 3.42. The number of aromatic amines is 1. The minimum Gasteiger partial charge on any atom is -0.396 e. The molecule has 122 valence electrons. The molecule has 2 N–H and O–H groups in total. The number of amides is 1. The molecule has 0 radical (unpaired) electrons. The summed E-state index contributed by atoms with van der Waals surface area (Å²) in [7, 11) is 0. The Labute approximate surface area is 135 Å². The third-order valence-corrected chi connectivity index (χ3v) is 4.42. The SMILES string of the molecule is CCc1nc(-c2ccc(C(=O)N3CCC(CO)CC3)cc2)n[nH]1. The molecule has 2 heterocycles. The number of aliphatic hydroxyl groups is 1. The van der Waals surface area contributed by atoms with Crippen LogP contribution in [0.25, 0.3) is 11.4 Å². The largest absolute Gasteiger partial charge is 0.396 e. The monoisotopic (exact) mass is 314 g/mol. The number of carbonyl (C=O) groups excluding carboxylic acids is 1. The van der Waals surface area contributed by atoms with Gasteiger partial charge in [0.15, 0.2) is 5.82 Å². The fourth-order valence-electron chi connectivity index (χ4n) is 2.85. The average molecular weight is 314 g/mol. The maximum Gasteiger partial charge on any atom is 0.253 e. The lowest BCUT2D eigenvalue weighted by atomic mass is 9.97. The van der Waals surface area contributed by atoms with Gasteiger partial charge in [-0.2, -0.15) is 5.10 Å². The van der Waals surface area contributed by atoms with Crippen molar-refractivity contribution < 1.29 is 9.90 Å². The highest BCUT2D eigenvalue weighted by atomic mass is 16.3. The summed E-state index contributed by atoms with van der Waals surface area (Å²) in [5.74, 6) is 1.90. The Kier molecular flexibility index (Phi) is 4.71. The number of hydrogen-bond acceptors (Lipinski definition) is 4. The second kappa shape index (κ2) is 6.91. The summed E-state index contributed by atoms with van der Waals surface area (Å²) in [5, 5.41) is 16.3. The number of likely N-dealkylation sites (tertiary alicyclic amines) is 1. The minimum absolute atomic E-state index is 0.0529. The third-order valence-electron chi connectivity index (χ3n) is 4.42. The molecule has 1 aromatic heterocycles. The quantitative estimate of drug-likeness (QED) is 0.902. The summed E-state index contributed by atoms with van der Waals surface area (Å²) in [6.07, 6.45) is 2.56. The maximum absolute atomic E-state index is 12.5. The van der Waals surface area contributed by atoms with Crippen molar-refractivity contribution in [2.24, 2.45) is 5.92 Å². The molecule has 6 nitrogen and oxygen atoms in total. The molecular weight excluding hydrogens is 292 g/mol. The van der Waals surface area contributed by atoms with Crippen molar-refractivity contribution >= 4 is 5.91 Å². The van der Waals surface area contributed by atoms with Gasteiger partial charge in [0, 0.05) is 37.2 Å². The average Bonchev–Trinajstić information content (AvgIpc) is 3.10. The summed E-state index contributed by atoms with van der Waals surface area (Å²) in [6, 6.07) is 7.43. The lowest BCUT2D eigenvalue weighted by Crippen LogP contribution is -2.39. The Morgan fingerprint density at radius 2 is 2.00 bits per heavy atom. The van der Waals surface area contributed by atoms with E-state index in [1.165, 1.54) is 0 Å². The molecule has 0 bridgehead atoms. The first-order valence-corrected chi connectivity index (χ1v) is 8.13. The number of rotatable bonds is 4. The highest BCUT2D eigenvalue weighted by molar-refractivity contribution is 5.94. The summed E-state index contributed by atoms with van der Waals surface area (Å²) >= 11 is 0. The van der Waals surface area contributed by atoms with Crippen LogP contribution in [0.15, 0.2) is 24.3 Å². The maximum atomic E-state index is 12.5. The first-order valence-electron chi connectivity index (χ1n) is 8.13. The topological polar surface area (TPSA) is 82.1 Å². The molecule has 0 aliphatic carbocycles. The number of H-pyrrole nitrogens is 1. The number of aliphatic hydroxyl groups excluding tert-OH is 1. The van der Waals surface area contributed by atoms with Gasteiger partial charge in [-0.05, 0) is 30.9 Å². The normalized spacial score (nSPS) is 15.8. The fraction of sp³-hybridized carbons (Fsp3) is 0.471. The van der Waals surface area contributed by atoms with Gasteiger partial charge in [0.25, 0.3) is 5.91 Å². The van der Waals surface area contributed by atoms with E-state index in [9.17, 15) is 9.90 Å². The van der Waals surface area contributed by atoms with Gasteiger partial charge in [-0.3, -0.25) is 9.89 Å². The molecule has 0 unspecified atom stereocenters. The number of nitrogens with zero attached hydrogens (tertiary/aromatic N) is 3. The van der Waals surface area contributed by atoms with Crippen molar-refractivity contribution in [2.75, 3.05) is 19.7 Å². The molecular formula is C17H22N4O2. The molecule has 1 aliphatic heterocycles. The van der Waals surface area contributed by atoms with Gasteiger partial charge in [-0.1, -0.05) is 19.1 Å².